The lowest BCUT2D eigenvalue weighted by Gasteiger charge is -2.14. The van der Waals surface area contributed by atoms with Gasteiger partial charge in [0, 0.05) is 13.6 Å². The van der Waals surface area contributed by atoms with E-state index in [0.29, 0.717) is 19.2 Å². The van der Waals surface area contributed by atoms with Gasteiger partial charge in [-0.1, -0.05) is 0 Å². The number of aromatic nitrogens is 1. The first kappa shape index (κ1) is 13.0. The van der Waals surface area contributed by atoms with Crippen molar-refractivity contribution in [2.75, 3.05) is 25.1 Å². The summed E-state index contributed by atoms with van der Waals surface area (Å²) in [5, 5.41) is 8.69. The molecule has 0 saturated carbocycles. The first-order valence-corrected chi connectivity index (χ1v) is 5.31. The molecule has 1 aromatic rings. The molecule has 0 aliphatic carbocycles. The van der Waals surface area contributed by atoms with Gasteiger partial charge in [0.15, 0.2) is 5.69 Å². The zero-order valence-corrected chi connectivity index (χ0v) is 10.1. The van der Waals surface area contributed by atoms with Crippen LogP contribution in [0, 0.1) is 17.2 Å². The van der Waals surface area contributed by atoms with Gasteiger partial charge < -0.3 is 14.1 Å². The molecule has 0 aliphatic heterocycles. The largest absolute Gasteiger partial charge is 0.461 e. The van der Waals surface area contributed by atoms with Crippen LogP contribution in [-0.2, 0) is 4.74 Å². The van der Waals surface area contributed by atoms with Gasteiger partial charge in [0.2, 0.25) is 0 Å². The minimum Gasteiger partial charge on any atom is -0.461 e. The van der Waals surface area contributed by atoms with Gasteiger partial charge >= 0.3 is 5.97 Å². The number of esters is 1. The number of carbonyl (C=O) groups is 1. The van der Waals surface area contributed by atoms with Crippen LogP contribution in [-0.4, -0.2) is 31.2 Å². The molecule has 0 N–H and O–H groups in total. The van der Waals surface area contributed by atoms with Gasteiger partial charge in [0.1, 0.15) is 6.26 Å². The molecular formula is C11H15N3O3. The van der Waals surface area contributed by atoms with E-state index in [1.54, 1.807) is 25.8 Å². The van der Waals surface area contributed by atoms with E-state index in [4.69, 9.17) is 14.4 Å². The van der Waals surface area contributed by atoms with E-state index >= 15 is 0 Å². The van der Waals surface area contributed by atoms with Crippen LogP contribution in [0.3, 0.4) is 0 Å². The van der Waals surface area contributed by atoms with Crippen LogP contribution in [0.25, 0.3) is 0 Å². The monoisotopic (exact) mass is 237 g/mol. The molecule has 6 nitrogen and oxygen atoms in total. The van der Waals surface area contributed by atoms with Crippen molar-refractivity contribution in [3.63, 3.8) is 0 Å². The number of ether oxygens (including phenoxy) is 1. The number of nitrogens with zero attached hydrogens (tertiary/aromatic N) is 3. The highest BCUT2D eigenvalue weighted by molar-refractivity contribution is 5.87. The van der Waals surface area contributed by atoms with E-state index in [1.807, 2.05) is 0 Å². The third-order valence-corrected chi connectivity index (χ3v) is 2.07. The summed E-state index contributed by atoms with van der Waals surface area (Å²) in [6.45, 7) is 4.30. The lowest BCUT2D eigenvalue weighted by molar-refractivity contribution is 0.0519. The number of oxazole rings is 1. The van der Waals surface area contributed by atoms with Crippen LogP contribution in [0.2, 0.25) is 0 Å². The second-order valence-corrected chi connectivity index (χ2v) is 3.65. The molecular weight excluding hydrogens is 222 g/mol. The van der Waals surface area contributed by atoms with Crippen molar-refractivity contribution in [1.29, 1.82) is 5.26 Å². The number of anilines is 1. The number of hydrogen-bond acceptors (Lipinski definition) is 6. The Morgan fingerprint density at radius 1 is 1.76 bits per heavy atom. The normalized spacial score (nSPS) is 11.6. The zero-order valence-electron chi connectivity index (χ0n) is 10.1. The molecule has 6 heteroatoms. The van der Waals surface area contributed by atoms with Crippen LogP contribution in [0.5, 0.6) is 0 Å². The molecule has 0 amide bonds. The minimum absolute atomic E-state index is 0.137. The van der Waals surface area contributed by atoms with Crippen LogP contribution in [0.15, 0.2) is 10.7 Å². The summed E-state index contributed by atoms with van der Waals surface area (Å²) in [4.78, 5) is 17.0. The molecule has 1 heterocycles. The topological polar surface area (TPSA) is 79.4 Å². The Morgan fingerprint density at radius 3 is 3.06 bits per heavy atom. The SMILES string of the molecule is CCOC(=O)c1coc(N(C)CC(C)C#N)n1. The van der Waals surface area contributed by atoms with E-state index in [2.05, 4.69) is 11.1 Å². The fourth-order valence-electron chi connectivity index (χ4n) is 1.27. The van der Waals surface area contributed by atoms with Crippen molar-refractivity contribution in [3.8, 4) is 6.07 Å². The van der Waals surface area contributed by atoms with Crippen LogP contribution < -0.4 is 4.90 Å². The van der Waals surface area contributed by atoms with Crippen LogP contribution in [0.4, 0.5) is 6.01 Å². The number of carbonyl (C=O) groups excluding carboxylic acids is 1. The van der Waals surface area contributed by atoms with Crippen molar-refractivity contribution in [2.45, 2.75) is 13.8 Å². The molecule has 1 rings (SSSR count). The van der Waals surface area contributed by atoms with Crippen molar-refractivity contribution >= 4 is 12.0 Å². The molecule has 1 atom stereocenters. The third-order valence-electron chi connectivity index (χ3n) is 2.07. The van der Waals surface area contributed by atoms with E-state index < -0.39 is 5.97 Å². The smallest absolute Gasteiger partial charge is 0.360 e. The summed E-state index contributed by atoms with van der Waals surface area (Å²) in [6.07, 6.45) is 1.25. The Bertz CT molecular complexity index is 422. The predicted molar refractivity (Wildman–Crippen MR) is 60.5 cm³/mol. The van der Waals surface area contributed by atoms with E-state index in [9.17, 15) is 4.79 Å². The van der Waals surface area contributed by atoms with Gasteiger partial charge in [-0.3, -0.25) is 0 Å². The van der Waals surface area contributed by atoms with Gasteiger partial charge in [-0.15, -0.1) is 0 Å². The molecule has 0 aromatic carbocycles. The van der Waals surface area contributed by atoms with Crippen molar-refractivity contribution in [1.82, 2.24) is 4.98 Å². The summed E-state index contributed by atoms with van der Waals surface area (Å²) in [5.41, 5.74) is 0.137. The Kier molecular flexibility index (Phi) is 4.52. The zero-order chi connectivity index (χ0) is 12.8. The molecule has 0 saturated heterocycles. The second kappa shape index (κ2) is 5.89. The molecule has 0 aliphatic rings. The summed E-state index contributed by atoms with van der Waals surface area (Å²) in [6, 6.07) is 2.41. The molecule has 1 aromatic heterocycles. The molecule has 92 valence electrons. The Balaban J connectivity index is 2.68. The maximum Gasteiger partial charge on any atom is 0.360 e. The molecule has 0 fully saturated rings. The number of hydrogen-bond donors (Lipinski definition) is 0. The van der Waals surface area contributed by atoms with Gasteiger partial charge in [0.25, 0.3) is 6.01 Å². The van der Waals surface area contributed by atoms with Crippen molar-refractivity contribution in [3.05, 3.63) is 12.0 Å². The molecule has 17 heavy (non-hydrogen) atoms. The number of rotatable bonds is 5. The summed E-state index contributed by atoms with van der Waals surface area (Å²) < 4.78 is 9.93. The first-order valence-electron chi connectivity index (χ1n) is 5.31. The highest BCUT2D eigenvalue weighted by atomic mass is 16.5. The van der Waals surface area contributed by atoms with E-state index in [1.165, 1.54) is 6.26 Å². The lowest BCUT2D eigenvalue weighted by Crippen LogP contribution is -2.23. The lowest BCUT2D eigenvalue weighted by atomic mass is 10.2. The number of nitriles is 1. The average Bonchev–Trinajstić information content (AvgIpc) is 2.78. The molecule has 1 unspecified atom stereocenters. The predicted octanol–water partition coefficient (Wildman–Crippen LogP) is 1.45. The Morgan fingerprint density at radius 2 is 2.47 bits per heavy atom. The summed E-state index contributed by atoms with van der Waals surface area (Å²) >= 11 is 0. The average molecular weight is 237 g/mol. The van der Waals surface area contributed by atoms with Crippen LogP contribution in [0.1, 0.15) is 24.3 Å². The molecule has 0 radical (unpaired) electrons. The van der Waals surface area contributed by atoms with E-state index in [0.717, 1.165) is 0 Å². The quantitative estimate of drug-likeness (QED) is 0.721. The van der Waals surface area contributed by atoms with Gasteiger partial charge in [-0.2, -0.15) is 10.2 Å². The van der Waals surface area contributed by atoms with Crippen LogP contribution >= 0.6 is 0 Å². The van der Waals surface area contributed by atoms with Crippen molar-refractivity contribution in [2.24, 2.45) is 5.92 Å². The third kappa shape index (κ3) is 3.48. The minimum atomic E-state index is -0.510. The fourth-order valence-corrected chi connectivity index (χ4v) is 1.27. The first-order chi connectivity index (χ1) is 8.08. The Hall–Kier alpha value is -2.03. The van der Waals surface area contributed by atoms with Gasteiger partial charge in [0.05, 0.1) is 18.6 Å². The fraction of sp³-hybridized carbons (Fsp3) is 0.545. The standard InChI is InChI=1S/C11H15N3O3/c1-4-16-10(15)9-7-17-11(13-9)14(3)6-8(2)5-12/h7-8H,4,6H2,1-3H3. The molecule has 0 spiro atoms. The summed E-state index contributed by atoms with van der Waals surface area (Å²) in [5.74, 6) is -0.651. The highest BCUT2D eigenvalue weighted by Gasteiger charge is 2.16. The second-order valence-electron chi connectivity index (χ2n) is 3.65. The van der Waals surface area contributed by atoms with E-state index in [-0.39, 0.29) is 11.6 Å². The molecule has 0 bridgehead atoms. The maximum absolute atomic E-state index is 11.3. The Labute approximate surface area is 99.8 Å². The van der Waals surface area contributed by atoms with Crippen molar-refractivity contribution < 1.29 is 13.9 Å². The van der Waals surface area contributed by atoms with Gasteiger partial charge in [-0.25, -0.2) is 4.79 Å². The maximum atomic E-state index is 11.3. The highest BCUT2D eigenvalue weighted by Crippen LogP contribution is 2.14. The summed E-state index contributed by atoms with van der Waals surface area (Å²) in [7, 11) is 1.74. The van der Waals surface area contributed by atoms with Gasteiger partial charge in [-0.05, 0) is 13.8 Å².